The molecule has 7 heteroatoms. The molecule has 2 amide bonds. The van der Waals surface area contributed by atoms with Gasteiger partial charge in [-0.3, -0.25) is 9.59 Å². The van der Waals surface area contributed by atoms with Crippen molar-refractivity contribution in [3.05, 3.63) is 0 Å². The van der Waals surface area contributed by atoms with E-state index in [0.717, 1.165) is 57.4 Å². The van der Waals surface area contributed by atoms with Crippen molar-refractivity contribution in [1.82, 2.24) is 15.5 Å². The van der Waals surface area contributed by atoms with Gasteiger partial charge in [0.05, 0.1) is 5.88 Å². The van der Waals surface area contributed by atoms with Crippen molar-refractivity contribution < 1.29 is 9.59 Å². The van der Waals surface area contributed by atoms with E-state index < -0.39 is 0 Å². The number of piperidine rings is 1. The van der Waals surface area contributed by atoms with Crippen LogP contribution in [-0.4, -0.2) is 53.5 Å². The van der Waals surface area contributed by atoms with E-state index >= 15 is 0 Å². The molecule has 0 bridgehead atoms. The lowest BCUT2D eigenvalue weighted by Crippen LogP contribution is -2.53. The Bertz CT molecular complexity index is 398. The van der Waals surface area contributed by atoms with E-state index in [1.807, 2.05) is 4.90 Å². The van der Waals surface area contributed by atoms with Crippen molar-refractivity contribution in [3.63, 3.8) is 0 Å². The number of nitrogens with one attached hydrogen (secondary N) is 2. The van der Waals surface area contributed by atoms with Gasteiger partial charge in [0.25, 0.3) is 0 Å². The Hall–Kier alpha value is -0.460. The van der Waals surface area contributed by atoms with Crippen LogP contribution in [0.25, 0.3) is 0 Å². The van der Waals surface area contributed by atoms with E-state index in [9.17, 15) is 9.59 Å². The predicted molar refractivity (Wildman–Crippen MR) is 91.2 cm³/mol. The molecular weight excluding hydrogens is 322 g/mol. The third-order valence-electron chi connectivity index (χ3n) is 4.82. The predicted octanol–water partition coefficient (Wildman–Crippen LogP) is 1.37. The quantitative estimate of drug-likeness (QED) is 0.809. The van der Waals surface area contributed by atoms with Crippen molar-refractivity contribution in [2.24, 2.45) is 5.92 Å². The van der Waals surface area contributed by atoms with Gasteiger partial charge in [0, 0.05) is 24.3 Å². The van der Waals surface area contributed by atoms with Gasteiger partial charge in [-0.1, -0.05) is 12.8 Å². The topological polar surface area (TPSA) is 61.4 Å². The second-order valence-corrected chi connectivity index (χ2v) is 7.36. The van der Waals surface area contributed by atoms with E-state index in [4.69, 9.17) is 0 Å². The van der Waals surface area contributed by atoms with Crippen LogP contribution in [0.15, 0.2) is 0 Å². The summed E-state index contributed by atoms with van der Waals surface area (Å²) >= 11 is 1.70. The molecule has 2 N–H and O–H groups in total. The average Bonchev–Trinajstić information content (AvgIpc) is 3.19. The lowest BCUT2D eigenvalue weighted by Gasteiger charge is -2.29. The molecule has 0 spiro atoms. The van der Waals surface area contributed by atoms with Crippen LogP contribution in [0.4, 0.5) is 0 Å². The second kappa shape index (κ2) is 8.41. The van der Waals surface area contributed by atoms with Gasteiger partial charge in [0.15, 0.2) is 0 Å². The van der Waals surface area contributed by atoms with Crippen LogP contribution in [0.2, 0.25) is 0 Å². The lowest BCUT2D eigenvalue weighted by molar-refractivity contribution is -0.141. The first-order chi connectivity index (χ1) is 10.3. The minimum Gasteiger partial charge on any atom is -0.350 e. The molecule has 1 aliphatic carbocycles. The van der Waals surface area contributed by atoms with E-state index in [1.54, 1.807) is 11.8 Å². The zero-order chi connectivity index (χ0) is 14.7. The molecule has 0 aromatic carbocycles. The Kier molecular flexibility index (Phi) is 6.84. The molecule has 3 aliphatic rings. The van der Waals surface area contributed by atoms with Crippen molar-refractivity contribution in [2.75, 3.05) is 24.7 Å². The summed E-state index contributed by atoms with van der Waals surface area (Å²) in [4.78, 5) is 26.9. The first-order valence-electron chi connectivity index (χ1n) is 8.15. The van der Waals surface area contributed by atoms with Gasteiger partial charge in [0.1, 0.15) is 6.04 Å². The molecular formula is C15H26ClN3O2S. The van der Waals surface area contributed by atoms with Crippen molar-refractivity contribution >= 4 is 36.0 Å². The normalized spacial score (nSPS) is 29.2. The van der Waals surface area contributed by atoms with Crippen LogP contribution in [0.3, 0.4) is 0 Å². The Labute approximate surface area is 142 Å². The van der Waals surface area contributed by atoms with Crippen LogP contribution in [0.5, 0.6) is 0 Å². The van der Waals surface area contributed by atoms with Crippen LogP contribution in [-0.2, 0) is 9.59 Å². The molecule has 2 atom stereocenters. The molecule has 1 unspecified atom stereocenters. The molecule has 1 saturated carbocycles. The Morgan fingerprint density at radius 3 is 2.59 bits per heavy atom. The van der Waals surface area contributed by atoms with Crippen molar-refractivity contribution in [2.45, 2.75) is 50.6 Å². The van der Waals surface area contributed by atoms with Gasteiger partial charge < -0.3 is 15.5 Å². The van der Waals surface area contributed by atoms with Crippen LogP contribution in [0, 0.1) is 5.92 Å². The van der Waals surface area contributed by atoms with Crippen molar-refractivity contribution in [3.8, 4) is 0 Å². The fourth-order valence-corrected chi connectivity index (χ4v) is 4.72. The molecule has 3 fully saturated rings. The standard InChI is InChI=1S/C15H25N3O2S.ClH/c19-14(17-12-6-3-7-16-8-12)13-9-21-10-18(13)15(20)11-4-1-2-5-11;/h11-13,16H,1-10H2,(H,17,19);1H/t12-,13?;/m0./s1. The summed E-state index contributed by atoms with van der Waals surface area (Å²) < 4.78 is 0. The van der Waals surface area contributed by atoms with E-state index in [0.29, 0.717) is 5.88 Å². The number of rotatable bonds is 3. The summed E-state index contributed by atoms with van der Waals surface area (Å²) in [5.41, 5.74) is 0. The zero-order valence-electron chi connectivity index (χ0n) is 12.9. The van der Waals surface area contributed by atoms with Crippen molar-refractivity contribution in [1.29, 1.82) is 0 Å². The number of hydrogen-bond donors (Lipinski definition) is 2. The van der Waals surface area contributed by atoms with E-state index in [2.05, 4.69) is 10.6 Å². The highest BCUT2D eigenvalue weighted by molar-refractivity contribution is 7.99. The molecule has 2 heterocycles. The third-order valence-corrected chi connectivity index (χ3v) is 5.83. The number of halogens is 1. The highest BCUT2D eigenvalue weighted by Gasteiger charge is 2.38. The van der Waals surface area contributed by atoms with E-state index in [1.165, 1.54) is 0 Å². The fourth-order valence-electron chi connectivity index (χ4n) is 3.56. The number of amides is 2. The lowest BCUT2D eigenvalue weighted by atomic mass is 10.0. The van der Waals surface area contributed by atoms with Gasteiger partial charge in [-0.05, 0) is 32.2 Å². The minimum atomic E-state index is -0.259. The summed E-state index contributed by atoms with van der Waals surface area (Å²) in [6.45, 7) is 1.89. The maximum absolute atomic E-state index is 12.6. The molecule has 2 aliphatic heterocycles. The maximum atomic E-state index is 12.6. The van der Waals surface area contributed by atoms with Crippen LogP contribution in [0.1, 0.15) is 38.5 Å². The maximum Gasteiger partial charge on any atom is 0.243 e. The zero-order valence-corrected chi connectivity index (χ0v) is 14.5. The SMILES string of the molecule is Cl.O=C(N[C@H]1CCCNC1)C1CSCN1C(=O)C1CCCC1. The Morgan fingerprint density at radius 1 is 1.14 bits per heavy atom. The molecule has 3 rings (SSSR count). The molecule has 126 valence electrons. The van der Waals surface area contributed by atoms with Gasteiger partial charge in [0.2, 0.25) is 11.8 Å². The number of thioether (sulfide) groups is 1. The molecule has 5 nitrogen and oxygen atoms in total. The molecule has 2 saturated heterocycles. The van der Waals surface area contributed by atoms with Gasteiger partial charge in [-0.25, -0.2) is 0 Å². The number of nitrogens with zero attached hydrogens (tertiary/aromatic N) is 1. The molecule has 0 aromatic rings. The Morgan fingerprint density at radius 2 is 1.91 bits per heavy atom. The largest absolute Gasteiger partial charge is 0.350 e. The summed E-state index contributed by atoms with van der Waals surface area (Å²) in [6, 6.07) is -0.0368. The molecule has 22 heavy (non-hydrogen) atoms. The van der Waals surface area contributed by atoms with Gasteiger partial charge >= 0.3 is 0 Å². The first kappa shape index (κ1) is 17.9. The minimum absolute atomic E-state index is 0. The monoisotopic (exact) mass is 347 g/mol. The number of hydrogen-bond acceptors (Lipinski definition) is 4. The number of carbonyl (C=O) groups excluding carboxylic acids is 2. The average molecular weight is 348 g/mol. The number of carbonyl (C=O) groups is 2. The fraction of sp³-hybridized carbons (Fsp3) is 0.867. The van der Waals surface area contributed by atoms with Crippen LogP contribution < -0.4 is 10.6 Å². The smallest absolute Gasteiger partial charge is 0.243 e. The van der Waals surface area contributed by atoms with Gasteiger partial charge in [-0.2, -0.15) is 0 Å². The van der Waals surface area contributed by atoms with Crippen LogP contribution >= 0.6 is 24.2 Å². The Balaban J connectivity index is 0.00000176. The third kappa shape index (κ3) is 4.09. The van der Waals surface area contributed by atoms with Gasteiger partial charge in [-0.15, -0.1) is 24.2 Å². The highest BCUT2D eigenvalue weighted by atomic mass is 35.5. The first-order valence-corrected chi connectivity index (χ1v) is 9.30. The molecule has 0 aromatic heterocycles. The highest BCUT2D eigenvalue weighted by Crippen LogP contribution is 2.30. The molecule has 0 radical (unpaired) electrons. The second-order valence-electron chi connectivity index (χ2n) is 6.36. The van der Waals surface area contributed by atoms with E-state index in [-0.39, 0.29) is 42.2 Å². The summed E-state index contributed by atoms with van der Waals surface area (Å²) in [5, 5.41) is 6.44. The summed E-state index contributed by atoms with van der Waals surface area (Å²) in [5.74, 6) is 1.83. The summed E-state index contributed by atoms with van der Waals surface area (Å²) in [6.07, 6.45) is 6.45. The summed E-state index contributed by atoms with van der Waals surface area (Å²) in [7, 11) is 0.